The quantitative estimate of drug-likeness (QED) is 0.596. The first-order valence-corrected chi connectivity index (χ1v) is 12.6. The maximum absolute atomic E-state index is 13.3. The van der Waals surface area contributed by atoms with Crippen LogP contribution in [0.2, 0.25) is 0 Å². The van der Waals surface area contributed by atoms with Crippen molar-refractivity contribution in [2.45, 2.75) is 56.5 Å². The van der Waals surface area contributed by atoms with Gasteiger partial charge in [-0.15, -0.1) is 11.8 Å². The molecular formula is C26H30N2O3S. The number of hydrogen-bond acceptors (Lipinski definition) is 4. The zero-order valence-electron chi connectivity index (χ0n) is 18.4. The maximum Gasteiger partial charge on any atom is 0.309 e. The molecule has 2 N–H and O–H groups in total. The number of amides is 1. The number of aliphatic carboxylic acids is 1. The Kier molecular flexibility index (Phi) is 5.74. The van der Waals surface area contributed by atoms with Gasteiger partial charge in [-0.3, -0.25) is 9.59 Å². The van der Waals surface area contributed by atoms with Crippen LogP contribution in [-0.4, -0.2) is 33.8 Å². The molecule has 2 aromatic rings. The summed E-state index contributed by atoms with van der Waals surface area (Å²) in [5.74, 6) is 1.20. The van der Waals surface area contributed by atoms with Gasteiger partial charge in [0, 0.05) is 17.5 Å². The van der Waals surface area contributed by atoms with Crippen LogP contribution in [0.4, 0.5) is 0 Å². The fourth-order valence-electron chi connectivity index (χ4n) is 6.48. The molecule has 168 valence electrons. The molecule has 4 saturated carbocycles. The molecule has 2 unspecified atom stereocenters. The van der Waals surface area contributed by atoms with Gasteiger partial charge in [-0.1, -0.05) is 30.3 Å². The minimum Gasteiger partial charge on any atom is -0.481 e. The normalized spacial score (nSPS) is 30.3. The van der Waals surface area contributed by atoms with Crippen LogP contribution in [-0.2, 0) is 11.2 Å². The third-order valence-electron chi connectivity index (χ3n) is 7.74. The number of nitrogens with zero attached hydrogens (tertiary/aromatic N) is 1. The van der Waals surface area contributed by atoms with Crippen molar-refractivity contribution in [3.05, 3.63) is 59.3 Å². The molecule has 0 saturated heterocycles. The van der Waals surface area contributed by atoms with Gasteiger partial charge in [-0.05, 0) is 80.9 Å². The lowest BCUT2D eigenvalue weighted by Crippen LogP contribution is -2.61. The van der Waals surface area contributed by atoms with Crippen molar-refractivity contribution >= 4 is 23.6 Å². The van der Waals surface area contributed by atoms with E-state index in [4.69, 9.17) is 0 Å². The topological polar surface area (TPSA) is 79.3 Å². The number of hydrogen-bond donors (Lipinski definition) is 2. The van der Waals surface area contributed by atoms with E-state index in [1.807, 2.05) is 37.3 Å². The summed E-state index contributed by atoms with van der Waals surface area (Å²) in [6, 6.07) is 14.2. The first kappa shape index (κ1) is 21.5. The van der Waals surface area contributed by atoms with E-state index in [1.165, 1.54) is 5.56 Å². The minimum atomic E-state index is -0.637. The summed E-state index contributed by atoms with van der Waals surface area (Å²) in [5.41, 5.74) is 2.26. The second-order valence-electron chi connectivity index (χ2n) is 9.94. The summed E-state index contributed by atoms with van der Waals surface area (Å²) in [7, 11) is 0. The number of aromatic nitrogens is 1. The Hall–Kier alpha value is -2.34. The first-order valence-electron chi connectivity index (χ1n) is 11.6. The lowest BCUT2D eigenvalue weighted by atomic mass is 9.48. The molecule has 1 aromatic carbocycles. The monoisotopic (exact) mass is 450 g/mol. The summed E-state index contributed by atoms with van der Waals surface area (Å²) in [5, 5.41) is 14.0. The Morgan fingerprint density at radius 1 is 1.09 bits per heavy atom. The van der Waals surface area contributed by atoms with E-state index in [0.717, 1.165) is 42.2 Å². The average Bonchev–Trinajstić information content (AvgIpc) is 2.76. The predicted octanol–water partition coefficient (Wildman–Crippen LogP) is 4.73. The molecule has 6 rings (SSSR count). The number of carbonyl (C=O) groups is 2. The SMILES string of the molecule is Cc1ccc(C(=O)NC2C3CC4CC2CC(C(=O)O)(C4)C3)c(SCCc2ccccc2)n1. The standard InChI is InChI=1S/C26H30N2O3S/c1-16-7-8-21(24(27-16)32-10-9-17-5-3-2-4-6-17)23(29)28-22-19-11-18-12-20(22)15-26(13-18,14-19)25(30)31/h2-8,18-20,22H,9-15H2,1H3,(H,28,29)(H,30,31). The first-order chi connectivity index (χ1) is 15.4. The fourth-order valence-corrected chi connectivity index (χ4v) is 7.53. The molecule has 2 atom stereocenters. The maximum atomic E-state index is 13.3. The summed E-state index contributed by atoms with van der Waals surface area (Å²) in [6.07, 6.45) is 5.23. The Labute approximate surface area is 193 Å². The lowest BCUT2D eigenvalue weighted by molar-refractivity contribution is -0.166. The molecule has 6 heteroatoms. The number of carbonyl (C=O) groups excluding carboxylic acids is 1. The molecule has 32 heavy (non-hydrogen) atoms. The van der Waals surface area contributed by atoms with Crippen molar-refractivity contribution < 1.29 is 14.7 Å². The van der Waals surface area contributed by atoms with Crippen LogP contribution in [0.25, 0.3) is 0 Å². The Morgan fingerprint density at radius 2 is 1.81 bits per heavy atom. The molecule has 5 nitrogen and oxygen atoms in total. The molecule has 0 aliphatic heterocycles. The van der Waals surface area contributed by atoms with E-state index in [-0.39, 0.29) is 23.8 Å². The zero-order valence-corrected chi connectivity index (χ0v) is 19.2. The number of nitrogens with one attached hydrogen (secondary N) is 1. The molecule has 1 heterocycles. The third-order valence-corrected chi connectivity index (χ3v) is 8.73. The molecule has 1 aromatic heterocycles. The van der Waals surface area contributed by atoms with Gasteiger partial charge in [0.25, 0.3) is 5.91 Å². The van der Waals surface area contributed by atoms with Crippen molar-refractivity contribution in [1.82, 2.24) is 10.3 Å². The van der Waals surface area contributed by atoms with Gasteiger partial charge in [-0.2, -0.15) is 0 Å². The molecule has 4 bridgehead atoms. The van der Waals surface area contributed by atoms with E-state index in [2.05, 4.69) is 22.4 Å². The van der Waals surface area contributed by atoms with Gasteiger partial charge < -0.3 is 10.4 Å². The van der Waals surface area contributed by atoms with Gasteiger partial charge >= 0.3 is 5.97 Å². The number of carboxylic acid groups (broad SMARTS) is 1. The van der Waals surface area contributed by atoms with Crippen molar-refractivity contribution in [1.29, 1.82) is 0 Å². The van der Waals surface area contributed by atoms with Crippen molar-refractivity contribution in [2.75, 3.05) is 5.75 Å². The Balaban J connectivity index is 1.28. The van der Waals surface area contributed by atoms with E-state index in [0.29, 0.717) is 24.3 Å². The number of aryl methyl sites for hydroxylation is 2. The van der Waals surface area contributed by atoms with Gasteiger partial charge in [0.2, 0.25) is 0 Å². The van der Waals surface area contributed by atoms with Gasteiger partial charge in [0.1, 0.15) is 5.03 Å². The zero-order chi connectivity index (χ0) is 22.3. The largest absolute Gasteiger partial charge is 0.481 e. The number of pyridine rings is 1. The number of benzene rings is 1. The second kappa shape index (κ2) is 8.54. The van der Waals surface area contributed by atoms with Crippen LogP contribution in [0.15, 0.2) is 47.5 Å². The molecule has 4 aliphatic rings. The fraction of sp³-hybridized carbons (Fsp3) is 0.500. The van der Waals surface area contributed by atoms with Crippen molar-refractivity contribution in [2.24, 2.45) is 23.2 Å². The van der Waals surface area contributed by atoms with E-state index < -0.39 is 11.4 Å². The van der Waals surface area contributed by atoms with Crippen LogP contribution in [0.1, 0.15) is 53.7 Å². The van der Waals surface area contributed by atoms with Crippen LogP contribution in [0, 0.1) is 30.1 Å². The number of rotatable bonds is 7. The minimum absolute atomic E-state index is 0.0680. The molecule has 0 radical (unpaired) electrons. The lowest BCUT2D eigenvalue weighted by Gasteiger charge is -2.58. The van der Waals surface area contributed by atoms with Crippen molar-refractivity contribution in [3.8, 4) is 0 Å². The summed E-state index contributed by atoms with van der Waals surface area (Å²) in [4.78, 5) is 30.0. The van der Waals surface area contributed by atoms with Gasteiger partial charge in [-0.25, -0.2) is 4.98 Å². The smallest absolute Gasteiger partial charge is 0.309 e. The molecule has 0 spiro atoms. The predicted molar refractivity (Wildman–Crippen MR) is 125 cm³/mol. The Morgan fingerprint density at radius 3 is 2.50 bits per heavy atom. The highest BCUT2D eigenvalue weighted by atomic mass is 32.2. The van der Waals surface area contributed by atoms with Crippen LogP contribution < -0.4 is 5.32 Å². The third kappa shape index (κ3) is 4.05. The van der Waals surface area contributed by atoms with Crippen molar-refractivity contribution in [3.63, 3.8) is 0 Å². The van der Waals surface area contributed by atoms with Crippen LogP contribution in [0.3, 0.4) is 0 Å². The van der Waals surface area contributed by atoms with E-state index in [1.54, 1.807) is 11.8 Å². The second-order valence-corrected chi connectivity index (χ2v) is 11.0. The van der Waals surface area contributed by atoms with Crippen LogP contribution in [0.5, 0.6) is 0 Å². The summed E-state index contributed by atoms with van der Waals surface area (Å²) >= 11 is 1.63. The van der Waals surface area contributed by atoms with E-state index >= 15 is 0 Å². The van der Waals surface area contributed by atoms with Crippen LogP contribution >= 0.6 is 11.8 Å². The highest BCUT2D eigenvalue weighted by molar-refractivity contribution is 7.99. The summed E-state index contributed by atoms with van der Waals surface area (Å²) in [6.45, 7) is 1.95. The highest BCUT2D eigenvalue weighted by Gasteiger charge is 2.59. The summed E-state index contributed by atoms with van der Waals surface area (Å²) < 4.78 is 0. The van der Waals surface area contributed by atoms with Gasteiger partial charge in [0.15, 0.2) is 0 Å². The Bertz CT molecular complexity index is 1010. The molecule has 1 amide bonds. The van der Waals surface area contributed by atoms with E-state index in [9.17, 15) is 14.7 Å². The highest BCUT2D eigenvalue weighted by Crippen LogP contribution is 2.60. The molecule has 4 fully saturated rings. The molecular weight excluding hydrogens is 420 g/mol. The number of thioether (sulfide) groups is 1. The average molecular weight is 451 g/mol. The molecule has 4 aliphatic carbocycles. The van der Waals surface area contributed by atoms with Gasteiger partial charge in [0.05, 0.1) is 11.0 Å². The number of carboxylic acids is 1.